The van der Waals surface area contributed by atoms with Gasteiger partial charge >= 0.3 is 0 Å². The Morgan fingerprint density at radius 1 is 1.14 bits per heavy atom. The third kappa shape index (κ3) is 4.03. The molecule has 0 aromatic heterocycles. The van der Waals surface area contributed by atoms with Crippen molar-refractivity contribution >= 4 is 21.8 Å². The van der Waals surface area contributed by atoms with Gasteiger partial charge in [0.2, 0.25) is 5.91 Å². The van der Waals surface area contributed by atoms with Crippen molar-refractivity contribution in [1.82, 2.24) is 10.2 Å². The predicted molar refractivity (Wildman–Crippen MR) is 108 cm³/mol. The summed E-state index contributed by atoms with van der Waals surface area (Å²) in [6.07, 6.45) is 3.01. The number of hydrogen-bond acceptors (Lipinski definition) is 4. The topological polar surface area (TPSA) is 78.8 Å². The molecule has 1 atom stereocenters. The normalized spacial score (nSPS) is 20.1. The van der Waals surface area contributed by atoms with Crippen LogP contribution in [-0.2, 0) is 21.2 Å². The van der Waals surface area contributed by atoms with Crippen LogP contribution in [0.5, 0.6) is 0 Å². The number of nitrogens with one attached hydrogen (secondary N) is 1. The maximum atomic E-state index is 13.0. The highest BCUT2D eigenvalue weighted by Crippen LogP contribution is 2.30. The van der Waals surface area contributed by atoms with E-state index in [-0.39, 0.29) is 16.6 Å². The zero-order chi connectivity index (χ0) is 20.4. The molecule has 2 heterocycles. The molecule has 2 aromatic carbocycles. The van der Waals surface area contributed by atoms with E-state index in [0.717, 1.165) is 18.4 Å². The lowest BCUT2D eigenvalue weighted by atomic mass is 9.99. The van der Waals surface area contributed by atoms with Crippen LogP contribution in [0, 0.1) is 5.82 Å². The molecule has 152 valence electrons. The molecule has 1 N–H and O–H groups in total. The zero-order valence-electron chi connectivity index (χ0n) is 15.8. The van der Waals surface area contributed by atoms with Gasteiger partial charge < -0.3 is 10.2 Å². The molecule has 2 aliphatic rings. The number of benzene rings is 2. The Bertz CT molecular complexity index is 1050. The van der Waals surface area contributed by atoms with Gasteiger partial charge in [0, 0.05) is 18.7 Å². The lowest BCUT2D eigenvalue weighted by molar-refractivity contribution is -0.125. The highest BCUT2D eigenvalue weighted by atomic mass is 32.2. The number of piperidine rings is 1. The maximum absolute atomic E-state index is 13.0. The molecule has 1 amide bonds. The first-order valence-corrected chi connectivity index (χ1v) is 11.1. The number of fused-ring (bicyclic) bond motifs is 1. The third-order valence-electron chi connectivity index (χ3n) is 5.32. The van der Waals surface area contributed by atoms with E-state index < -0.39 is 16.1 Å². The molecule has 0 bridgehead atoms. The highest BCUT2D eigenvalue weighted by Gasteiger charge is 2.37. The molecule has 0 radical (unpaired) electrons. The summed E-state index contributed by atoms with van der Waals surface area (Å²) in [6, 6.07) is 12.5. The van der Waals surface area contributed by atoms with Gasteiger partial charge in [0.15, 0.2) is 5.84 Å². The number of nitrogens with zero attached hydrogens (tertiary/aromatic N) is 2. The summed E-state index contributed by atoms with van der Waals surface area (Å²) in [5.41, 5.74) is 1.49. The van der Waals surface area contributed by atoms with Crippen molar-refractivity contribution in [3.8, 4) is 0 Å². The van der Waals surface area contributed by atoms with Gasteiger partial charge in [0.1, 0.15) is 16.8 Å². The van der Waals surface area contributed by atoms with E-state index in [1.165, 1.54) is 12.1 Å². The van der Waals surface area contributed by atoms with Gasteiger partial charge in [-0.15, -0.1) is 4.40 Å². The van der Waals surface area contributed by atoms with E-state index in [0.29, 0.717) is 37.3 Å². The summed E-state index contributed by atoms with van der Waals surface area (Å²) in [5.74, 6) is -0.0709. The fraction of sp³-hybridized carbons (Fsp3) is 0.333. The molecule has 0 saturated carbocycles. The molecule has 8 heteroatoms. The van der Waals surface area contributed by atoms with Crippen molar-refractivity contribution < 1.29 is 17.6 Å². The molecule has 6 nitrogen and oxygen atoms in total. The monoisotopic (exact) mass is 415 g/mol. The summed E-state index contributed by atoms with van der Waals surface area (Å²) in [6.45, 7) is 1.01. The molecule has 2 aliphatic heterocycles. The van der Waals surface area contributed by atoms with Crippen molar-refractivity contribution in [1.29, 1.82) is 0 Å². The van der Waals surface area contributed by atoms with E-state index in [2.05, 4.69) is 9.71 Å². The van der Waals surface area contributed by atoms with E-state index in [1.54, 1.807) is 36.4 Å². The van der Waals surface area contributed by atoms with Crippen LogP contribution in [0.4, 0.5) is 4.39 Å². The van der Waals surface area contributed by atoms with Crippen molar-refractivity contribution in [3.05, 3.63) is 65.5 Å². The summed E-state index contributed by atoms with van der Waals surface area (Å²) < 4.78 is 41.8. The van der Waals surface area contributed by atoms with Crippen LogP contribution in [0.1, 0.15) is 30.4 Å². The average Bonchev–Trinajstić information content (AvgIpc) is 3.01. The largest absolute Gasteiger partial charge is 0.354 e. The third-order valence-corrected chi connectivity index (χ3v) is 6.64. The van der Waals surface area contributed by atoms with Gasteiger partial charge in [0.25, 0.3) is 10.0 Å². The van der Waals surface area contributed by atoms with Gasteiger partial charge in [-0.05, 0) is 55.5 Å². The molecule has 1 fully saturated rings. The Labute approximate surface area is 169 Å². The number of amidine groups is 1. The minimum Gasteiger partial charge on any atom is -0.354 e. The summed E-state index contributed by atoms with van der Waals surface area (Å²) in [5, 5.41) is 2.93. The van der Waals surface area contributed by atoms with Crippen molar-refractivity contribution in [2.75, 3.05) is 13.1 Å². The van der Waals surface area contributed by atoms with Crippen molar-refractivity contribution in [3.63, 3.8) is 0 Å². The molecule has 1 saturated heterocycles. The molecule has 29 heavy (non-hydrogen) atoms. The van der Waals surface area contributed by atoms with Crippen LogP contribution in [-0.4, -0.2) is 44.2 Å². The molecule has 4 rings (SSSR count). The number of carbonyl (C=O) groups is 1. The number of halogens is 1. The van der Waals surface area contributed by atoms with Gasteiger partial charge in [-0.25, -0.2) is 4.39 Å². The molecule has 0 aliphatic carbocycles. The second-order valence-corrected chi connectivity index (χ2v) is 8.83. The van der Waals surface area contributed by atoms with Crippen LogP contribution in [0.15, 0.2) is 57.8 Å². The van der Waals surface area contributed by atoms with E-state index in [1.807, 2.05) is 4.90 Å². The first kappa shape index (κ1) is 19.6. The highest BCUT2D eigenvalue weighted by molar-refractivity contribution is 7.90. The van der Waals surface area contributed by atoms with Gasteiger partial charge in [-0.2, -0.15) is 8.42 Å². The molecule has 2 aromatic rings. The number of sulfonamides is 1. The van der Waals surface area contributed by atoms with Gasteiger partial charge in [-0.1, -0.05) is 24.3 Å². The van der Waals surface area contributed by atoms with Crippen LogP contribution in [0.3, 0.4) is 0 Å². The van der Waals surface area contributed by atoms with E-state index in [9.17, 15) is 17.6 Å². The quantitative estimate of drug-likeness (QED) is 0.832. The van der Waals surface area contributed by atoms with Crippen LogP contribution < -0.4 is 5.32 Å². The minimum atomic E-state index is -3.73. The number of carbonyl (C=O) groups excluding carboxylic acids is 1. The Kier molecular flexibility index (Phi) is 5.36. The molecular weight excluding hydrogens is 393 g/mol. The first-order chi connectivity index (χ1) is 14.0. The lowest BCUT2D eigenvalue weighted by Crippen LogP contribution is -2.52. The number of likely N-dealkylation sites (tertiary alicyclic amines) is 1. The van der Waals surface area contributed by atoms with Crippen LogP contribution in [0.25, 0.3) is 0 Å². The number of rotatable bonds is 4. The van der Waals surface area contributed by atoms with Crippen LogP contribution >= 0.6 is 0 Å². The molecular formula is C21H22FN3O3S. The fourth-order valence-electron chi connectivity index (χ4n) is 3.85. The summed E-state index contributed by atoms with van der Waals surface area (Å²) >= 11 is 0. The standard InChI is InChI=1S/C21H22FN3O3S/c22-16-10-8-15(9-11-16)12-13-23-21(26)18-6-3-4-14-25(18)20-17-5-1-2-7-19(17)29(27,28)24-20/h1-2,5,7-11,18H,3-4,6,12-14H2,(H,23,26)/t18-/m1/s1. The fourth-order valence-corrected chi connectivity index (χ4v) is 5.07. The Hall–Kier alpha value is -2.74. The molecule has 0 unspecified atom stereocenters. The maximum Gasteiger partial charge on any atom is 0.285 e. The lowest BCUT2D eigenvalue weighted by Gasteiger charge is -2.36. The second kappa shape index (κ2) is 7.94. The second-order valence-electron chi connectivity index (χ2n) is 7.26. The summed E-state index contributed by atoms with van der Waals surface area (Å²) in [7, 11) is -3.73. The van der Waals surface area contributed by atoms with E-state index >= 15 is 0 Å². The summed E-state index contributed by atoms with van der Waals surface area (Å²) in [4.78, 5) is 14.9. The molecule has 0 spiro atoms. The zero-order valence-corrected chi connectivity index (χ0v) is 16.7. The number of amides is 1. The van der Waals surface area contributed by atoms with Crippen molar-refractivity contribution in [2.45, 2.75) is 36.6 Å². The Balaban J connectivity index is 1.48. The predicted octanol–water partition coefficient (Wildman–Crippen LogP) is 2.49. The number of hydrogen-bond donors (Lipinski definition) is 1. The van der Waals surface area contributed by atoms with Crippen LogP contribution in [0.2, 0.25) is 0 Å². The SMILES string of the molecule is O=C(NCCc1ccc(F)cc1)[C@H]1CCCCN1C1=NS(=O)(=O)c2ccccc21. The Morgan fingerprint density at radius 3 is 2.69 bits per heavy atom. The van der Waals surface area contributed by atoms with E-state index in [4.69, 9.17) is 0 Å². The Morgan fingerprint density at radius 2 is 1.90 bits per heavy atom. The van der Waals surface area contributed by atoms with Gasteiger partial charge in [0.05, 0.1) is 0 Å². The average molecular weight is 415 g/mol. The smallest absolute Gasteiger partial charge is 0.285 e. The first-order valence-electron chi connectivity index (χ1n) is 9.69. The van der Waals surface area contributed by atoms with Crippen molar-refractivity contribution in [2.24, 2.45) is 4.40 Å². The minimum absolute atomic E-state index is 0.142. The van der Waals surface area contributed by atoms with Gasteiger partial charge in [-0.3, -0.25) is 4.79 Å².